The highest BCUT2D eigenvalue weighted by molar-refractivity contribution is 5.94. The van der Waals surface area contributed by atoms with Crippen molar-refractivity contribution < 1.29 is 23.1 Å². The molecule has 200 valence electrons. The number of β-amino-alcohol motifs (C(OH)–C–C–N with tert-alkyl or cyclic N) is 1. The summed E-state index contributed by atoms with van der Waals surface area (Å²) in [6, 6.07) is 2.61. The number of anilines is 1. The van der Waals surface area contributed by atoms with Crippen molar-refractivity contribution in [1.82, 2.24) is 30.2 Å². The fourth-order valence-corrected chi connectivity index (χ4v) is 5.16. The number of nitriles is 1. The van der Waals surface area contributed by atoms with Crippen LogP contribution in [0.25, 0.3) is 22.3 Å². The topological polar surface area (TPSA) is 143 Å². The zero-order valence-corrected chi connectivity index (χ0v) is 20.6. The Bertz CT molecular complexity index is 1380. The third-order valence-electron chi connectivity index (χ3n) is 7.34. The third-order valence-corrected chi connectivity index (χ3v) is 7.34. The van der Waals surface area contributed by atoms with Gasteiger partial charge in [0.15, 0.2) is 0 Å². The van der Waals surface area contributed by atoms with Gasteiger partial charge in [0.25, 0.3) is 0 Å². The van der Waals surface area contributed by atoms with E-state index in [-0.39, 0.29) is 52.1 Å². The first-order chi connectivity index (χ1) is 18.1. The SMILES string of the molecule is C[C@@H](Nc1ncc(C#N)c(-c2c[nH]c3ncc(C(F)(F)F)cc23)n1)C1CCN(C(=O)[C@H]2C[C@H](O)CN2)CC1. The van der Waals surface area contributed by atoms with E-state index in [0.717, 1.165) is 25.1 Å². The van der Waals surface area contributed by atoms with Gasteiger partial charge in [-0.3, -0.25) is 4.79 Å². The second kappa shape index (κ2) is 10.2. The van der Waals surface area contributed by atoms with Crippen LogP contribution in [0.15, 0.2) is 24.7 Å². The Labute approximate surface area is 216 Å². The summed E-state index contributed by atoms with van der Waals surface area (Å²) >= 11 is 0. The number of carbonyl (C=O) groups is 1. The summed E-state index contributed by atoms with van der Waals surface area (Å²) in [4.78, 5) is 30.0. The van der Waals surface area contributed by atoms with Crippen LogP contribution >= 0.6 is 0 Å². The highest BCUT2D eigenvalue weighted by atomic mass is 19.4. The summed E-state index contributed by atoms with van der Waals surface area (Å²) in [5.41, 5.74) is 0.0121. The van der Waals surface area contributed by atoms with Crippen LogP contribution in [0, 0.1) is 17.2 Å². The Morgan fingerprint density at radius 3 is 2.71 bits per heavy atom. The van der Waals surface area contributed by atoms with Gasteiger partial charge in [-0.2, -0.15) is 18.4 Å². The number of amides is 1. The van der Waals surface area contributed by atoms with Crippen molar-refractivity contribution in [2.45, 2.75) is 50.6 Å². The van der Waals surface area contributed by atoms with Crippen molar-refractivity contribution in [3.05, 3.63) is 35.8 Å². The Morgan fingerprint density at radius 1 is 1.29 bits per heavy atom. The van der Waals surface area contributed by atoms with E-state index >= 15 is 0 Å². The fraction of sp³-hybridized carbons (Fsp3) is 0.480. The van der Waals surface area contributed by atoms with Crippen molar-refractivity contribution >= 4 is 22.9 Å². The Morgan fingerprint density at radius 2 is 2.05 bits per heavy atom. The lowest BCUT2D eigenvalue weighted by Gasteiger charge is -2.36. The second-order valence-electron chi connectivity index (χ2n) is 9.83. The number of rotatable bonds is 5. The maximum absolute atomic E-state index is 13.3. The number of hydrogen-bond acceptors (Lipinski definition) is 8. The largest absolute Gasteiger partial charge is 0.417 e. The molecule has 3 aromatic rings. The molecule has 2 aliphatic rings. The zero-order chi connectivity index (χ0) is 27.0. The molecule has 0 aliphatic carbocycles. The maximum atomic E-state index is 13.3. The monoisotopic (exact) mass is 528 g/mol. The van der Waals surface area contributed by atoms with Gasteiger partial charge in [-0.1, -0.05) is 0 Å². The van der Waals surface area contributed by atoms with Crippen LogP contribution in [-0.4, -0.2) is 73.7 Å². The molecule has 2 aliphatic heterocycles. The van der Waals surface area contributed by atoms with Gasteiger partial charge in [-0.05, 0) is 38.2 Å². The first-order valence-corrected chi connectivity index (χ1v) is 12.4. The number of aromatic amines is 1. The Kier molecular flexibility index (Phi) is 6.93. The lowest BCUT2D eigenvalue weighted by molar-refractivity contribution is -0.137. The lowest BCUT2D eigenvalue weighted by Crippen LogP contribution is -2.48. The molecule has 13 heteroatoms. The van der Waals surface area contributed by atoms with Gasteiger partial charge in [0.05, 0.1) is 35.2 Å². The number of nitrogens with zero attached hydrogens (tertiary/aromatic N) is 5. The van der Waals surface area contributed by atoms with Crippen molar-refractivity contribution in [3.63, 3.8) is 0 Å². The number of piperidine rings is 1. The van der Waals surface area contributed by atoms with Crippen LogP contribution in [-0.2, 0) is 11.0 Å². The molecule has 3 atom stereocenters. The molecule has 4 N–H and O–H groups in total. The lowest BCUT2D eigenvalue weighted by atomic mass is 9.90. The average Bonchev–Trinajstić information content (AvgIpc) is 3.53. The summed E-state index contributed by atoms with van der Waals surface area (Å²) in [5.74, 6) is 0.501. The molecule has 0 saturated carbocycles. The molecular weight excluding hydrogens is 501 g/mol. The molecule has 1 amide bonds. The molecule has 0 unspecified atom stereocenters. The number of likely N-dealkylation sites (tertiary alicyclic amines) is 1. The van der Waals surface area contributed by atoms with Crippen LogP contribution in [0.3, 0.4) is 0 Å². The van der Waals surface area contributed by atoms with Gasteiger partial charge < -0.3 is 25.6 Å². The van der Waals surface area contributed by atoms with Crippen LogP contribution in [0.1, 0.15) is 37.3 Å². The zero-order valence-electron chi connectivity index (χ0n) is 20.6. The van der Waals surface area contributed by atoms with Crippen molar-refractivity contribution in [1.29, 1.82) is 5.26 Å². The number of aliphatic hydroxyl groups excluding tert-OH is 1. The minimum atomic E-state index is -4.56. The molecule has 5 heterocycles. The van der Waals surface area contributed by atoms with E-state index in [1.807, 2.05) is 17.9 Å². The second-order valence-corrected chi connectivity index (χ2v) is 9.83. The summed E-state index contributed by atoms with van der Waals surface area (Å²) in [7, 11) is 0. The number of halogens is 3. The summed E-state index contributed by atoms with van der Waals surface area (Å²) in [6.07, 6.45) is 0.514. The molecular formula is C25H27F3N8O2. The Hall–Kier alpha value is -3.76. The van der Waals surface area contributed by atoms with Crippen molar-refractivity contribution in [2.24, 2.45) is 5.92 Å². The number of nitrogens with one attached hydrogen (secondary N) is 3. The minimum Gasteiger partial charge on any atom is -0.392 e. The highest BCUT2D eigenvalue weighted by Crippen LogP contribution is 2.35. The summed E-state index contributed by atoms with van der Waals surface area (Å²) < 4.78 is 39.8. The van der Waals surface area contributed by atoms with Crippen LogP contribution in [0.5, 0.6) is 0 Å². The number of hydrogen-bond donors (Lipinski definition) is 4. The van der Waals surface area contributed by atoms with Gasteiger partial charge in [0, 0.05) is 49.0 Å². The van der Waals surface area contributed by atoms with Gasteiger partial charge in [-0.15, -0.1) is 0 Å². The van der Waals surface area contributed by atoms with E-state index < -0.39 is 17.8 Å². The highest BCUT2D eigenvalue weighted by Gasteiger charge is 2.34. The van der Waals surface area contributed by atoms with Crippen LogP contribution in [0.2, 0.25) is 0 Å². The van der Waals surface area contributed by atoms with E-state index in [1.54, 1.807) is 0 Å². The smallest absolute Gasteiger partial charge is 0.392 e. The molecule has 38 heavy (non-hydrogen) atoms. The molecule has 0 radical (unpaired) electrons. The van der Waals surface area contributed by atoms with Gasteiger partial charge in [0.1, 0.15) is 11.7 Å². The minimum absolute atomic E-state index is 0.0163. The number of H-pyrrole nitrogens is 1. The van der Waals surface area contributed by atoms with Crippen LogP contribution < -0.4 is 10.6 Å². The maximum Gasteiger partial charge on any atom is 0.417 e. The standard InChI is InChI=1S/C25H27F3N8O2/c1-13(14-2-4-36(5-3-14)23(38)20-7-17(37)11-30-20)34-24-33-9-15(8-29)21(35-24)19-12-32-22-18(19)6-16(10-31-22)25(26,27)28/h6,9-10,12-14,17,20,30,37H,2-5,7,11H2,1H3,(H,31,32)(H,33,34,35)/t13-,17+,20-/m1/s1. The molecule has 2 saturated heterocycles. The van der Waals surface area contributed by atoms with Crippen molar-refractivity contribution in [3.8, 4) is 17.3 Å². The van der Waals surface area contributed by atoms with E-state index in [0.29, 0.717) is 31.6 Å². The fourth-order valence-electron chi connectivity index (χ4n) is 5.16. The number of fused-ring (bicyclic) bond motifs is 1. The number of alkyl halides is 3. The van der Waals surface area contributed by atoms with Crippen LogP contribution in [0.4, 0.5) is 19.1 Å². The predicted octanol–water partition coefficient (Wildman–Crippen LogP) is 2.67. The first kappa shape index (κ1) is 25.9. The molecule has 0 spiro atoms. The number of pyridine rings is 1. The molecule has 3 aromatic heterocycles. The van der Waals surface area contributed by atoms with Gasteiger partial charge >= 0.3 is 6.18 Å². The molecule has 10 nitrogen and oxygen atoms in total. The molecule has 0 bridgehead atoms. The third kappa shape index (κ3) is 5.14. The predicted molar refractivity (Wildman–Crippen MR) is 132 cm³/mol. The number of aliphatic hydroxyl groups is 1. The van der Waals surface area contributed by atoms with Crippen molar-refractivity contribution in [2.75, 3.05) is 25.0 Å². The normalized spacial score (nSPS) is 21.4. The molecule has 0 aromatic carbocycles. The Balaban J connectivity index is 1.30. The van der Waals surface area contributed by atoms with Gasteiger partial charge in [0.2, 0.25) is 11.9 Å². The molecule has 5 rings (SSSR count). The number of carbonyl (C=O) groups excluding carboxylic acids is 1. The number of aromatic nitrogens is 4. The summed E-state index contributed by atoms with van der Waals surface area (Å²) in [5, 5.41) is 25.8. The average molecular weight is 529 g/mol. The quantitative estimate of drug-likeness (QED) is 0.396. The molecule has 2 fully saturated rings. The van der Waals surface area contributed by atoms with E-state index in [9.17, 15) is 28.3 Å². The van der Waals surface area contributed by atoms with Gasteiger partial charge in [-0.25, -0.2) is 15.0 Å². The van der Waals surface area contributed by atoms with E-state index in [2.05, 4.69) is 30.6 Å². The summed E-state index contributed by atoms with van der Waals surface area (Å²) in [6.45, 7) is 3.63. The van der Waals surface area contributed by atoms with E-state index in [1.165, 1.54) is 12.4 Å². The first-order valence-electron chi connectivity index (χ1n) is 12.4. The van der Waals surface area contributed by atoms with E-state index in [4.69, 9.17) is 0 Å².